The lowest BCUT2D eigenvalue weighted by atomic mass is 10.1. The molecule has 0 atom stereocenters. The molecule has 0 aromatic heterocycles. The molecule has 7 nitrogen and oxygen atoms in total. The zero-order valence-corrected chi connectivity index (χ0v) is 17.9. The number of carbonyl (C=O) groups is 1. The van der Waals surface area contributed by atoms with E-state index >= 15 is 0 Å². The number of hydrogen-bond acceptors (Lipinski definition) is 5. The van der Waals surface area contributed by atoms with Gasteiger partial charge in [-0.05, 0) is 56.2 Å². The minimum atomic E-state index is -3.90. The SMILES string of the molecule is COc1ccc(CCNC(=O)c2cc(S(=O)(=O)NC(C)C)ccc2F)cc1OC(F)F. The Kier molecular flexibility index (Phi) is 8.28. The van der Waals surface area contributed by atoms with E-state index < -0.39 is 33.9 Å². The molecule has 2 rings (SSSR count). The van der Waals surface area contributed by atoms with Gasteiger partial charge in [-0.1, -0.05) is 6.07 Å². The first-order valence-electron chi connectivity index (χ1n) is 9.25. The van der Waals surface area contributed by atoms with Crippen molar-refractivity contribution in [1.29, 1.82) is 0 Å². The van der Waals surface area contributed by atoms with Crippen LogP contribution in [0.2, 0.25) is 0 Å². The maximum atomic E-state index is 14.1. The van der Waals surface area contributed by atoms with Gasteiger partial charge in [-0.25, -0.2) is 17.5 Å². The second-order valence-corrected chi connectivity index (χ2v) is 8.50. The number of sulfonamides is 1. The summed E-state index contributed by atoms with van der Waals surface area (Å²) in [6.45, 7) is 0.276. The van der Waals surface area contributed by atoms with Crippen LogP contribution < -0.4 is 19.5 Å². The third-order valence-electron chi connectivity index (χ3n) is 4.03. The number of halogens is 3. The molecular formula is C20H23F3N2O5S. The summed E-state index contributed by atoms with van der Waals surface area (Å²) in [5, 5.41) is 2.48. The number of rotatable bonds is 10. The molecule has 170 valence electrons. The number of carbonyl (C=O) groups excluding carboxylic acids is 1. The lowest BCUT2D eigenvalue weighted by molar-refractivity contribution is -0.0512. The van der Waals surface area contributed by atoms with Crippen molar-refractivity contribution in [3.05, 3.63) is 53.3 Å². The zero-order chi connectivity index (χ0) is 23.2. The van der Waals surface area contributed by atoms with Crippen LogP contribution in [-0.2, 0) is 16.4 Å². The van der Waals surface area contributed by atoms with E-state index in [4.69, 9.17) is 4.74 Å². The second-order valence-electron chi connectivity index (χ2n) is 6.79. The molecule has 0 saturated heterocycles. The van der Waals surface area contributed by atoms with Gasteiger partial charge in [0.25, 0.3) is 5.91 Å². The Hall–Kier alpha value is -2.79. The zero-order valence-electron chi connectivity index (χ0n) is 17.1. The largest absolute Gasteiger partial charge is 0.493 e. The van der Waals surface area contributed by atoms with Gasteiger partial charge in [-0.2, -0.15) is 8.78 Å². The molecule has 31 heavy (non-hydrogen) atoms. The van der Waals surface area contributed by atoms with E-state index in [1.807, 2.05) is 0 Å². The number of alkyl halides is 2. The summed E-state index contributed by atoms with van der Waals surface area (Å²) in [5.41, 5.74) is 0.137. The van der Waals surface area contributed by atoms with Gasteiger partial charge in [0.1, 0.15) is 5.82 Å². The lowest BCUT2D eigenvalue weighted by Crippen LogP contribution is -2.31. The molecule has 0 unspecified atom stereocenters. The summed E-state index contributed by atoms with van der Waals surface area (Å²) in [6.07, 6.45) is 0.226. The third kappa shape index (κ3) is 6.86. The molecule has 2 aromatic rings. The van der Waals surface area contributed by atoms with Crippen LogP contribution in [0.3, 0.4) is 0 Å². The molecule has 0 heterocycles. The molecule has 2 N–H and O–H groups in total. The highest BCUT2D eigenvalue weighted by Crippen LogP contribution is 2.29. The molecule has 0 aliphatic rings. The molecule has 0 aliphatic heterocycles. The smallest absolute Gasteiger partial charge is 0.387 e. The quantitative estimate of drug-likeness (QED) is 0.568. The van der Waals surface area contributed by atoms with Crippen LogP contribution >= 0.6 is 0 Å². The monoisotopic (exact) mass is 460 g/mol. The molecule has 0 bridgehead atoms. The van der Waals surface area contributed by atoms with Gasteiger partial charge in [-0.15, -0.1) is 0 Å². The van der Waals surface area contributed by atoms with E-state index in [0.29, 0.717) is 5.56 Å². The van der Waals surface area contributed by atoms with Gasteiger partial charge >= 0.3 is 6.61 Å². The van der Waals surface area contributed by atoms with E-state index in [-0.39, 0.29) is 35.4 Å². The van der Waals surface area contributed by atoms with Gasteiger partial charge in [0.15, 0.2) is 11.5 Å². The molecule has 0 radical (unpaired) electrons. The average Bonchev–Trinajstić information content (AvgIpc) is 2.66. The van der Waals surface area contributed by atoms with Crippen molar-refractivity contribution in [3.63, 3.8) is 0 Å². The number of hydrogen-bond donors (Lipinski definition) is 2. The molecule has 1 amide bonds. The van der Waals surface area contributed by atoms with Gasteiger partial charge in [0.05, 0.1) is 17.6 Å². The first-order valence-corrected chi connectivity index (χ1v) is 10.7. The Morgan fingerprint density at radius 1 is 1.10 bits per heavy atom. The second kappa shape index (κ2) is 10.5. The summed E-state index contributed by atoms with van der Waals surface area (Å²) in [4.78, 5) is 12.1. The van der Waals surface area contributed by atoms with Gasteiger partial charge in [0, 0.05) is 12.6 Å². The minimum Gasteiger partial charge on any atom is -0.493 e. The minimum absolute atomic E-state index is 0.0416. The fourth-order valence-electron chi connectivity index (χ4n) is 2.70. The van der Waals surface area contributed by atoms with E-state index in [1.54, 1.807) is 19.9 Å². The van der Waals surface area contributed by atoms with Crippen LogP contribution in [0.1, 0.15) is 29.8 Å². The average molecular weight is 460 g/mol. The Bertz CT molecular complexity index is 1030. The van der Waals surface area contributed by atoms with E-state index in [2.05, 4.69) is 14.8 Å². The summed E-state index contributed by atoms with van der Waals surface area (Å²) in [6, 6.07) is 6.95. The highest BCUT2D eigenvalue weighted by atomic mass is 32.2. The molecule has 0 saturated carbocycles. The molecule has 2 aromatic carbocycles. The molecule has 0 fully saturated rings. The lowest BCUT2D eigenvalue weighted by Gasteiger charge is -2.13. The number of methoxy groups -OCH3 is 1. The summed E-state index contributed by atoms with van der Waals surface area (Å²) < 4.78 is 75.4. The number of amides is 1. The van der Waals surface area contributed by atoms with Crippen LogP contribution in [0, 0.1) is 5.82 Å². The summed E-state index contributed by atoms with van der Waals surface area (Å²) >= 11 is 0. The number of benzene rings is 2. The van der Waals surface area contributed by atoms with Crippen molar-refractivity contribution in [3.8, 4) is 11.5 Å². The van der Waals surface area contributed by atoms with Crippen LogP contribution in [0.15, 0.2) is 41.3 Å². The normalized spacial score (nSPS) is 11.6. The van der Waals surface area contributed by atoms with Crippen LogP contribution in [0.5, 0.6) is 11.5 Å². The van der Waals surface area contributed by atoms with Crippen LogP contribution in [0.4, 0.5) is 13.2 Å². The predicted molar refractivity (Wildman–Crippen MR) is 108 cm³/mol. The topological polar surface area (TPSA) is 93.7 Å². The first kappa shape index (κ1) is 24.5. The Morgan fingerprint density at radius 2 is 1.81 bits per heavy atom. The molecule has 0 aliphatic carbocycles. The third-order valence-corrected chi connectivity index (χ3v) is 5.68. The fraction of sp³-hybridized carbons (Fsp3) is 0.350. The number of ether oxygens (including phenoxy) is 2. The maximum absolute atomic E-state index is 14.1. The van der Waals surface area contributed by atoms with E-state index in [9.17, 15) is 26.4 Å². The maximum Gasteiger partial charge on any atom is 0.387 e. The summed E-state index contributed by atoms with van der Waals surface area (Å²) in [7, 11) is -2.59. The molecule has 0 spiro atoms. The molecule has 11 heteroatoms. The standard InChI is InChI=1S/C20H23F3N2O5S/c1-12(2)25-31(27,28)14-5-6-16(21)15(11-14)19(26)24-9-8-13-4-7-17(29-3)18(10-13)30-20(22)23/h4-7,10-12,20,25H,8-9H2,1-3H3,(H,24,26). The van der Waals surface area contributed by atoms with Crippen LogP contribution in [-0.4, -0.2) is 40.6 Å². The van der Waals surface area contributed by atoms with Gasteiger partial charge in [0.2, 0.25) is 10.0 Å². The van der Waals surface area contributed by atoms with Crippen molar-refractivity contribution in [2.24, 2.45) is 0 Å². The van der Waals surface area contributed by atoms with Crippen molar-refractivity contribution < 1.29 is 35.9 Å². The highest BCUT2D eigenvalue weighted by Gasteiger charge is 2.20. The predicted octanol–water partition coefficient (Wildman–Crippen LogP) is 3.09. The molecular weight excluding hydrogens is 437 g/mol. The van der Waals surface area contributed by atoms with E-state index in [0.717, 1.165) is 18.2 Å². The number of nitrogens with one attached hydrogen (secondary N) is 2. The first-order chi connectivity index (χ1) is 14.5. The summed E-state index contributed by atoms with van der Waals surface area (Å²) in [5.74, 6) is -1.71. The van der Waals surface area contributed by atoms with Crippen molar-refractivity contribution >= 4 is 15.9 Å². The Labute approximate surface area is 178 Å². The van der Waals surface area contributed by atoms with Crippen molar-refractivity contribution in [1.82, 2.24) is 10.0 Å². The van der Waals surface area contributed by atoms with Gasteiger partial charge in [-0.3, -0.25) is 4.79 Å². The Morgan fingerprint density at radius 3 is 2.42 bits per heavy atom. The van der Waals surface area contributed by atoms with Crippen molar-refractivity contribution in [2.75, 3.05) is 13.7 Å². The van der Waals surface area contributed by atoms with Crippen LogP contribution in [0.25, 0.3) is 0 Å². The van der Waals surface area contributed by atoms with Crippen molar-refractivity contribution in [2.45, 2.75) is 37.8 Å². The Balaban J connectivity index is 2.09. The van der Waals surface area contributed by atoms with Gasteiger partial charge < -0.3 is 14.8 Å². The highest BCUT2D eigenvalue weighted by molar-refractivity contribution is 7.89. The fourth-order valence-corrected chi connectivity index (χ4v) is 3.98. The van der Waals surface area contributed by atoms with E-state index in [1.165, 1.54) is 19.2 Å².